The Hall–Kier alpha value is -0.160. The zero-order valence-corrected chi connectivity index (χ0v) is 10.6. The summed E-state index contributed by atoms with van der Waals surface area (Å²) in [4.78, 5) is 2.49. The molecule has 2 unspecified atom stereocenters. The molecule has 16 heavy (non-hydrogen) atoms. The zero-order chi connectivity index (χ0) is 11.8. The zero-order valence-electron chi connectivity index (χ0n) is 10.6. The third-order valence-corrected chi connectivity index (χ3v) is 3.25. The molecule has 0 aromatic heterocycles. The van der Waals surface area contributed by atoms with Crippen molar-refractivity contribution in [3.05, 3.63) is 0 Å². The molecule has 4 heteroatoms. The molecule has 1 aliphatic rings. The van der Waals surface area contributed by atoms with Crippen molar-refractivity contribution in [1.82, 2.24) is 10.2 Å². The van der Waals surface area contributed by atoms with Crippen molar-refractivity contribution in [2.75, 3.05) is 39.5 Å². The maximum Gasteiger partial charge on any atom is 0.0622 e. The Kier molecular flexibility index (Phi) is 6.96. The third kappa shape index (κ3) is 4.37. The van der Waals surface area contributed by atoms with Crippen LogP contribution in [0.15, 0.2) is 0 Å². The van der Waals surface area contributed by atoms with Crippen LogP contribution >= 0.6 is 0 Å². The van der Waals surface area contributed by atoms with E-state index in [1.807, 2.05) is 0 Å². The summed E-state index contributed by atoms with van der Waals surface area (Å²) in [6.07, 6.45) is 1.97. The lowest BCUT2D eigenvalue weighted by Gasteiger charge is -2.37. The highest BCUT2D eigenvalue weighted by Crippen LogP contribution is 2.11. The maximum atomic E-state index is 9.03. The van der Waals surface area contributed by atoms with E-state index in [1.54, 1.807) is 0 Å². The van der Waals surface area contributed by atoms with Gasteiger partial charge in [-0.1, -0.05) is 13.8 Å². The molecule has 0 aromatic carbocycles. The van der Waals surface area contributed by atoms with Gasteiger partial charge in [-0.05, 0) is 19.4 Å². The molecule has 0 aromatic rings. The van der Waals surface area contributed by atoms with Gasteiger partial charge in [0, 0.05) is 31.8 Å². The predicted octanol–water partition coefficient (Wildman–Crippen LogP) is 0.458. The summed E-state index contributed by atoms with van der Waals surface area (Å²) in [5.41, 5.74) is 0. The second-order valence-electron chi connectivity index (χ2n) is 4.40. The summed E-state index contributed by atoms with van der Waals surface area (Å²) in [7, 11) is 0. The second kappa shape index (κ2) is 8.01. The van der Waals surface area contributed by atoms with Crippen molar-refractivity contribution in [2.24, 2.45) is 0 Å². The van der Waals surface area contributed by atoms with Gasteiger partial charge in [0.15, 0.2) is 0 Å². The Morgan fingerprint density at radius 1 is 1.50 bits per heavy atom. The van der Waals surface area contributed by atoms with Crippen LogP contribution in [0.4, 0.5) is 0 Å². The molecule has 96 valence electrons. The van der Waals surface area contributed by atoms with Crippen LogP contribution in [0.3, 0.4) is 0 Å². The molecule has 1 aliphatic heterocycles. The Labute approximate surface area is 99.0 Å². The molecule has 0 amide bonds. The Bertz CT molecular complexity index is 172. The first-order chi connectivity index (χ1) is 7.81. The van der Waals surface area contributed by atoms with E-state index in [0.29, 0.717) is 12.1 Å². The number of hydrogen-bond donors (Lipinski definition) is 2. The molecular weight excluding hydrogens is 204 g/mol. The number of hydrogen-bond acceptors (Lipinski definition) is 4. The molecule has 0 saturated carbocycles. The number of aliphatic hydroxyl groups is 1. The topological polar surface area (TPSA) is 44.7 Å². The van der Waals surface area contributed by atoms with E-state index >= 15 is 0 Å². The van der Waals surface area contributed by atoms with Crippen molar-refractivity contribution in [3.8, 4) is 0 Å². The first kappa shape index (κ1) is 13.9. The number of rotatable bonds is 7. The quantitative estimate of drug-likeness (QED) is 0.667. The van der Waals surface area contributed by atoms with Gasteiger partial charge in [-0.2, -0.15) is 0 Å². The molecule has 2 N–H and O–H groups in total. The summed E-state index contributed by atoms with van der Waals surface area (Å²) in [5.74, 6) is 0. The largest absolute Gasteiger partial charge is 0.396 e. The van der Waals surface area contributed by atoms with Crippen LogP contribution in [0.1, 0.15) is 26.7 Å². The average molecular weight is 230 g/mol. The molecule has 2 atom stereocenters. The highest BCUT2D eigenvalue weighted by Gasteiger charge is 2.23. The Morgan fingerprint density at radius 3 is 2.94 bits per heavy atom. The van der Waals surface area contributed by atoms with Crippen molar-refractivity contribution >= 4 is 0 Å². The normalized spacial score (nSPS) is 24.6. The molecule has 1 heterocycles. The SMILES string of the molecule is CCNC(CCO)CN1CCOCC1CC. The fourth-order valence-electron chi connectivity index (χ4n) is 2.29. The van der Waals surface area contributed by atoms with Crippen LogP contribution in [0, 0.1) is 0 Å². The number of nitrogens with zero attached hydrogens (tertiary/aromatic N) is 1. The second-order valence-corrected chi connectivity index (χ2v) is 4.40. The molecular formula is C12H26N2O2. The molecule has 0 spiro atoms. The molecule has 1 saturated heterocycles. The van der Waals surface area contributed by atoms with Gasteiger partial charge in [0.2, 0.25) is 0 Å². The number of morpholine rings is 1. The van der Waals surface area contributed by atoms with Gasteiger partial charge >= 0.3 is 0 Å². The van der Waals surface area contributed by atoms with E-state index in [9.17, 15) is 0 Å². The smallest absolute Gasteiger partial charge is 0.0622 e. The summed E-state index contributed by atoms with van der Waals surface area (Å²) in [6.45, 7) is 9.29. The summed E-state index contributed by atoms with van der Waals surface area (Å²) >= 11 is 0. The van der Waals surface area contributed by atoms with Gasteiger partial charge in [-0.15, -0.1) is 0 Å². The molecule has 4 nitrogen and oxygen atoms in total. The minimum absolute atomic E-state index is 0.263. The lowest BCUT2D eigenvalue weighted by Crippen LogP contribution is -2.51. The van der Waals surface area contributed by atoms with Gasteiger partial charge < -0.3 is 15.2 Å². The standard InChI is InChI=1S/C12H26N2O2/c1-3-12-10-16-8-6-14(12)9-11(5-7-15)13-4-2/h11-13,15H,3-10H2,1-2H3. The predicted molar refractivity (Wildman–Crippen MR) is 65.6 cm³/mol. The van der Waals surface area contributed by atoms with Gasteiger partial charge in [-0.25, -0.2) is 0 Å². The van der Waals surface area contributed by atoms with Crippen LogP contribution in [0.2, 0.25) is 0 Å². The van der Waals surface area contributed by atoms with Gasteiger partial charge in [0.05, 0.1) is 13.2 Å². The van der Waals surface area contributed by atoms with E-state index in [0.717, 1.165) is 45.7 Å². The minimum atomic E-state index is 0.263. The molecule has 0 aliphatic carbocycles. The fraction of sp³-hybridized carbons (Fsp3) is 1.00. The monoisotopic (exact) mass is 230 g/mol. The van der Waals surface area contributed by atoms with E-state index in [1.165, 1.54) is 0 Å². The van der Waals surface area contributed by atoms with E-state index < -0.39 is 0 Å². The molecule has 1 fully saturated rings. The minimum Gasteiger partial charge on any atom is -0.396 e. The highest BCUT2D eigenvalue weighted by atomic mass is 16.5. The van der Waals surface area contributed by atoms with E-state index in [2.05, 4.69) is 24.1 Å². The first-order valence-electron chi connectivity index (χ1n) is 6.47. The molecule has 0 bridgehead atoms. The number of likely N-dealkylation sites (N-methyl/N-ethyl adjacent to an activating group) is 1. The number of aliphatic hydroxyl groups excluding tert-OH is 1. The number of ether oxygens (including phenoxy) is 1. The van der Waals surface area contributed by atoms with Crippen molar-refractivity contribution in [1.29, 1.82) is 0 Å². The molecule has 1 rings (SSSR count). The van der Waals surface area contributed by atoms with Gasteiger partial charge in [-0.3, -0.25) is 4.90 Å². The van der Waals surface area contributed by atoms with Crippen molar-refractivity contribution in [3.63, 3.8) is 0 Å². The number of nitrogens with one attached hydrogen (secondary N) is 1. The first-order valence-corrected chi connectivity index (χ1v) is 6.47. The van der Waals surface area contributed by atoms with E-state index in [4.69, 9.17) is 9.84 Å². The Balaban J connectivity index is 2.40. The van der Waals surface area contributed by atoms with Crippen LogP contribution in [-0.4, -0.2) is 61.5 Å². The molecule has 0 radical (unpaired) electrons. The average Bonchev–Trinajstić information content (AvgIpc) is 2.30. The van der Waals surface area contributed by atoms with Crippen molar-refractivity contribution in [2.45, 2.75) is 38.8 Å². The summed E-state index contributed by atoms with van der Waals surface area (Å²) < 4.78 is 5.49. The fourth-order valence-corrected chi connectivity index (χ4v) is 2.29. The van der Waals surface area contributed by atoms with E-state index in [-0.39, 0.29) is 6.61 Å². The Morgan fingerprint density at radius 2 is 2.31 bits per heavy atom. The summed E-state index contributed by atoms with van der Waals surface area (Å²) in [5, 5.41) is 12.5. The van der Waals surface area contributed by atoms with Crippen LogP contribution in [0.5, 0.6) is 0 Å². The van der Waals surface area contributed by atoms with Crippen LogP contribution in [-0.2, 0) is 4.74 Å². The highest BCUT2D eigenvalue weighted by molar-refractivity contribution is 4.79. The summed E-state index contributed by atoms with van der Waals surface area (Å²) in [6, 6.07) is 0.954. The lowest BCUT2D eigenvalue weighted by atomic mass is 10.1. The van der Waals surface area contributed by atoms with Gasteiger partial charge in [0.1, 0.15) is 0 Å². The van der Waals surface area contributed by atoms with Gasteiger partial charge in [0.25, 0.3) is 0 Å². The maximum absolute atomic E-state index is 9.03. The third-order valence-electron chi connectivity index (χ3n) is 3.25. The van der Waals surface area contributed by atoms with Crippen molar-refractivity contribution < 1.29 is 9.84 Å². The van der Waals surface area contributed by atoms with Crippen LogP contribution < -0.4 is 5.32 Å². The lowest BCUT2D eigenvalue weighted by molar-refractivity contribution is -0.0134. The van der Waals surface area contributed by atoms with Crippen LogP contribution in [0.25, 0.3) is 0 Å².